The van der Waals surface area contributed by atoms with E-state index in [1.807, 2.05) is 4.91 Å². The molecule has 0 amide bonds. The van der Waals surface area contributed by atoms with Crippen molar-refractivity contribution >= 4 is 17.1 Å². The molecule has 0 saturated heterocycles. The molecule has 0 aromatic rings. The van der Waals surface area contributed by atoms with Gasteiger partial charge in [-0.2, -0.15) is 0 Å². The zero-order valence-corrected chi connectivity index (χ0v) is 4.05. The summed E-state index contributed by atoms with van der Waals surface area (Å²) in [6.45, 7) is 0. The number of nitrogens with zero attached hydrogens (tertiary/aromatic N) is 1. The first-order valence-corrected chi connectivity index (χ1v) is 0.447. The molecule has 4 heteroatoms. The molecule has 2 N–H and O–H groups in total. The van der Waals surface area contributed by atoms with Crippen molar-refractivity contribution < 1.29 is 0 Å². The fraction of sp³-hybridized carbons (Fsp3) is 0. The van der Waals surface area contributed by atoms with Crippen molar-refractivity contribution in [3.63, 3.8) is 0 Å². The summed E-state index contributed by atoms with van der Waals surface area (Å²) >= 11 is 0. The van der Waals surface area contributed by atoms with E-state index in [4.69, 9.17) is 11.1 Å². The second-order valence-corrected chi connectivity index (χ2v) is 0.112. The number of hydrogen-bond acceptors (Lipinski definition) is 2. The van der Waals surface area contributed by atoms with E-state index in [-0.39, 0.29) is 17.1 Å². The zero-order valence-electron chi connectivity index (χ0n) is 1.95. The second kappa shape index (κ2) is 13.8. The molecule has 0 heterocycles. The van der Waals surface area contributed by atoms with Crippen LogP contribution in [-0.2, 0) is 0 Å². The molecule has 0 atom stereocenters. The van der Waals surface area contributed by atoms with Gasteiger partial charge in [0.05, 0.1) is 0 Å². The van der Waals surface area contributed by atoms with Gasteiger partial charge in [0.15, 0.2) is 0 Å². The first-order chi connectivity index (χ1) is 1.41. The molecule has 0 unspecified atom stereocenters. The molecule has 0 fully saturated rings. The topological polar surface area (TPSA) is 61.8 Å². The van der Waals surface area contributed by atoms with Crippen LogP contribution in [0.25, 0.3) is 0 Å². The summed E-state index contributed by atoms with van der Waals surface area (Å²) in [4.78, 5) is 2.00. The normalized spacial score (nSPS) is 2.00. The van der Waals surface area contributed by atoms with Crippen LogP contribution in [0, 0.1) is 11.1 Å². The van der Waals surface area contributed by atoms with Gasteiger partial charge in [-0.05, 0) is 0 Å². The Morgan fingerprint density at radius 1 is 1.25 bits per heavy atom. The van der Waals surface area contributed by atoms with Crippen molar-refractivity contribution in [1.82, 2.24) is 4.91 Å². The third-order valence-corrected chi connectivity index (χ3v) is 0. The Morgan fingerprint density at radius 2 is 1.25 bits per heavy atom. The van der Waals surface area contributed by atoms with Crippen molar-refractivity contribution in [1.29, 1.82) is 11.1 Å². The minimum absolute atomic E-state index is 0. The molecule has 0 aromatic heterocycles. The molecule has 0 aliphatic rings. The van der Waals surface area contributed by atoms with E-state index >= 15 is 0 Å². The summed E-state index contributed by atoms with van der Waals surface area (Å²) in [6.07, 6.45) is 0. The zero-order chi connectivity index (χ0) is 2.71. The van der Waals surface area contributed by atoms with E-state index in [1.54, 1.807) is 0 Å². The molecule has 0 radical (unpaired) electrons. The van der Waals surface area contributed by atoms with E-state index < -0.39 is 0 Å². The minimum atomic E-state index is 0. The predicted octanol–water partition coefficient (Wildman–Crippen LogP) is -0.801. The quantitative estimate of drug-likeness (QED) is 0.242. The van der Waals surface area contributed by atoms with Gasteiger partial charge in [0.2, 0.25) is 4.91 Å². The predicted molar refractivity (Wildman–Crippen MR) is 16.1 cm³/mol. The van der Waals surface area contributed by atoms with E-state index in [1.165, 1.54) is 0 Å². The van der Waals surface area contributed by atoms with Gasteiger partial charge in [-0.15, -0.1) is 0 Å². The molecular formula is H4N3Se+. The summed E-state index contributed by atoms with van der Waals surface area (Å²) in [6, 6.07) is 0. The van der Waals surface area contributed by atoms with Crippen molar-refractivity contribution in [2.45, 2.75) is 0 Å². The standard InChI is InChI=1S/H2N3.H2Se/c1-3-2;/h1-2H;1H2/q+1;. The first-order valence-electron chi connectivity index (χ1n) is 0.447. The molecule has 0 bridgehead atoms. The molecule has 3 nitrogen and oxygen atoms in total. The molecular weight excluding hydrogens is 121 g/mol. The van der Waals surface area contributed by atoms with Crippen molar-refractivity contribution in [2.75, 3.05) is 0 Å². The second-order valence-electron chi connectivity index (χ2n) is 0.112. The van der Waals surface area contributed by atoms with Crippen molar-refractivity contribution in [3.8, 4) is 0 Å². The van der Waals surface area contributed by atoms with Crippen LogP contribution in [0.4, 0.5) is 0 Å². The van der Waals surface area contributed by atoms with Crippen LogP contribution in [0.3, 0.4) is 0 Å². The third kappa shape index (κ3) is 43.3. The summed E-state index contributed by atoms with van der Waals surface area (Å²) in [5.41, 5.74) is 11.0. The van der Waals surface area contributed by atoms with Gasteiger partial charge in [0.1, 0.15) is 11.1 Å². The Balaban J connectivity index is 0. The summed E-state index contributed by atoms with van der Waals surface area (Å²) < 4.78 is 0. The van der Waals surface area contributed by atoms with Crippen molar-refractivity contribution in [2.24, 2.45) is 0 Å². The maximum absolute atomic E-state index is 5.50. The Hall–Kier alpha value is -0.171. The summed E-state index contributed by atoms with van der Waals surface area (Å²) in [5, 5.41) is 0. The number of nitrogens with one attached hydrogen (secondary N) is 2. The molecule has 0 spiro atoms. The van der Waals surface area contributed by atoms with Gasteiger partial charge in [0, 0.05) is 0 Å². The fourth-order valence-corrected chi connectivity index (χ4v) is 0. The molecule has 0 aliphatic carbocycles. The summed E-state index contributed by atoms with van der Waals surface area (Å²) in [7, 11) is 0. The molecule has 24 valence electrons. The van der Waals surface area contributed by atoms with Crippen molar-refractivity contribution in [3.05, 3.63) is 0 Å². The first kappa shape index (κ1) is 9.16. The fourth-order valence-electron chi connectivity index (χ4n) is 0. The molecule has 0 aliphatic heterocycles. The van der Waals surface area contributed by atoms with Crippen LogP contribution in [-0.4, -0.2) is 17.1 Å². The van der Waals surface area contributed by atoms with Crippen LogP contribution < -0.4 is 4.91 Å². The van der Waals surface area contributed by atoms with Gasteiger partial charge in [-0.1, -0.05) is 0 Å². The Morgan fingerprint density at radius 3 is 1.25 bits per heavy atom. The van der Waals surface area contributed by atoms with Gasteiger partial charge < -0.3 is 0 Å². The van der Waals surface area contributed by atoms with Gasteiger partial charge in [-0.25, -0.2) is 0 Å². The van der Waals surface area contributed by atoms with Crippen LogP contribution in [0.15, 0.2) is 0 Å². The van der Waals surface area contributed by atoms with Crippen LogP contribution in [0.2, 0.25) is 0 Å². The number of rotatable bonds is 0. The molecule has 0 aromatic carbocycles. The summed E-state index contributed by atoms with van der Waals surface area (Å²) in [5.74, 6) is 0. The Kier molecular flexibility index (Phi) is 31.5. The number of hydrogen-bond donors (Lipinski definition) is 2. The van der Waals surface area contributed by atoms with Crippen LogP contribution in [0.1, 0.15) is 0 Å². The Labute approximate surface area is 33.9 Å². The van der Waals surface area contributed by atoms with E-state index in [0.29, 0.717) is 0 Å². The average Bonchev–Trinajstić information content (AvgIpc) is 0.918. The van der Waals surface area contributed by atoms with Gasteiger partial charge in [-0.3, -0.25) is 0 Å². The molecule has 0 rings (SSSR count). The molecule has 4 heavy (non-hydrogen) atoms. The third-order valence-electron chi connectivity index (χ3n) is 0. The van der Waals surface area contributed by atoms with Gasteiger partial charge in [0.25, 0.3) is 0 Å². The van der Waals surface area contributed by atoms with Crippen LogP contribution >= 0.6 is 0 Å². The van der Waals surface area contributed by atoms with E-state index in [2.05, 4.69) is 0 Å². The molecule has 0 saturated carbocycles. The van der Waals surface area contributed by atoms with E-state index in [0.717, 1.165) is 0 Å². The van der Waals surface area contributed by atoms with Gasteiger partial charge >= 0.3 is 17.1 Å². The van der Waals surface area contributed by atoms with E-state index in [9.17, 15) is 0 Å². The Bertz CT molecular complexity index is 24.3. The van der Waals surface area contributed by atoms with Crippen LogP contribution in [0.5, 0.6) is 0 Å². The SMILES string of the molecule is N=[N+]=N.[SeH2]. The monoisotopic (exact) mass is 126 g/mol. The maximum atomic E-state index is 5.50. The average molecular weight is 125 g/mol.